The Morgan fingerprint density at radius 2 is 0.783 bits per heavy atom. The molecule has 0 aliphatic carbocycles. The van der Waals surface area contributed by atoms with Gasteiger partial charge in [0.2, 0.25) is 0 Å². The van der Waals surface area contributed by atoms with Gasteiger partial charge in [0.05, 0.1) is 0 Å². The van der Waals surface area contributed by atoms with E-state index >= 15 is 0 Å². The second kappa shape index (κ2) is 15.0. The summed E-state index contributed by atoms with van der Waals surface area (Å²) in [7, 11) is -18.0. The summed E-state index contributed by atoms with van der Waals surface area (Å²) in [5.41, 5.74) is 0. The summed E-state index contributed by atoms with van der Waals surface area (Å²) in [6, 6.07) is 10.5. The predicted molar refractivity (Wildman–Crippen MR) is 63.5 cm³/mol. The Balaban J connectivity index is -0.000000105. The first-order valence-electron chi connectivity index (χ1n) is 4.63. The molecular formula is C6H4B3BrF12K-3. The first-order chi connectivity index (χ1) is 9.39. The molecule has 0 aliphatic rings. The van der Waals surface area contributed by atoms with Gasteiger partial charge < -0.3 is 51.8 Å². The van der Waals surface area contributed by atoms with Crippen molar-refractivity contribution in [3.8, 4) is 0 Å². The number of rotatable bonds is 0. The van der Waals surface area contributed by atoms with Crippen LogP contribution in [0.4, 0.5) is 51.8 Å². The maximum absolute atomic E-state index is 9.75. The van der Waals surface area contributed by atoms with Crippen molar-refractivity contribution in [1.29, 1.82) is 0 Å². The van der Waals surface area contributed by atoms with Gasteiger partial charge in [-0.05, 0) is 0 Å². The Labute approximate surface area is 174 Å². The standard InChI is InChI=1S/C6H4Br.3BF4.K/c7-6-4-2-1-3-5-6;3*2-1(3,4)5;/h2-5H;;;;/q4*-1;+1. The van der Waals surface area contributed by atoms with E-state index in [0.29, 0.717) is 0 Å². The van der Waals surface area contributed by atoms with Crippen LogP contribution in [-0.2, 0) is 0 Å². The summed E-state index contributed by atoms with van der Waals surface area (Å²) in [6.07, 6.45) is 0. The average molecular weight is 456 g/mol. The number of benzene rings is 1. The SMILES string of the molecule is Brc1cc[c-]cc1.F[B-](F)(F)F.F[B-](F)(F)F.F[B-](F)(F)F.[K+]. The molecule has 0 bridgehead atoms. The van der Waals surface area contributed by atoms with Gasteiger partial charge in [-0.2, -0.15) is 30.3 Å². The number of halogens is 13. The fraction of sp³-hybridized carbons (Fsp3) is 0. The van der Waals surface area contributed by atoms with Crippen molar-refractivity contribution in [3.63, 3.8) is 0 Å². The Bertz CT molecular complexity index is 319. The summed E-state index contributed by atoms with van der Waals surface area (Å²) in [6.45, 7) is 0. The van der Waals surface area contributed by atoms with Crippen LogP contribution in [0.25, 0.3) is 0 Å². The van der Waals surface area contributed by atoms with Gasteiger partial charge in [-0.25, -0.2) is 0 Å². The first kappa shape index (κ1) is 31.5. The van der Waals surface area contributed by atoms with Crippen LogP contribution in [0.1, 0.15) is 0 Å². The minimum atomic E-state index is -6.00. The van der Waals surface area contributed by atoms with Crippen LogP contribution in [0.3, 0.4) is 0 Å². The van der Waals surface area contributed by atoms with E-state index in [1.165, 1.54) is 0 Å². The molecule has 0 nitrogen and oxygen atoms in total. The third kappa shape index (κ3) is 129. The fourth-order valence-corrected chi connectivity index (χ4v) is 0.631. The summed E-state index contributed by atoms with van der Waals surface area (Å²) >= 11 is 3.29. The van der Waals surface area contributed by atoms with E-state index in [-0.39, 0.29) is 51.4 Å². The van der Waals surface area contributed by atoms with Crippen LogP contribution in [0.15, 0.2) is 28.7 Å². The van der Waals surface area contributed by atoms with E-state index < -0.39 is 21.8 Å². The van der Waals surface area contributed by atoms with Gasteiger partial charge in [-0.3, -0.25) is 0 Å². The maximum Gasteiger partial charge on any atom is 1.00 e. The van der Waals surface area contributed by atoms with Crippen LogP contribution < -0.4 is 51.4 Å². The summed E-state index contributed by atoms with van der Waals surface area (Å²) < 4.78 is 118. The zero-order chi connectivity index (χ0) is 18.6. The smallest absolute Gasteiger partial charge is 0.418 e. The van der Waals surface area contributed by atoms with Crippen molar-refractivity contribution in [2.75, 3.05) is 0 Å². The van der Waals surface area contributed by atoms with Crippen LogP contribution in [0.5, 0.6) is 0 Å². The Morgan fingerprint density at radius 3 is 0.870 bits per heavy atom. The van der Waals surface area contributed by atoms with Gasteiger partial charge in [-0.1, -0.05) is 20.4 Å². The number of hydrogen-bond donors (Lipinski definition) is 0. The van der Waals surface area contributed by atoms with Crippen molar-refractivity contribution >= 4 is 37.7 Å². The van der Waals surface area contributed by atoms with Crippen molar-refractivity contribution in [3.05, 3.63) is 34.8 Å². The minimum Gasteiger partial charge on any atom is -0.418 e. The quantitative estimate of drug-likeness (QED) is 0.320. The molecule has 0 atom stereocenters. The molecule has 1 aromatic rings. The van der Waals surface area contributed by atoms with Crippen molar-refractivity contribution in [2.45, 2.75) is 0 Å². The first-order valence-corrected chi connectivity index (χ1v) is 5.42. The van der Waals surface area contributed by atoms with Crippen LogP contribution >= 0.6 is 15.9 Å². The third-order valence-electron chi connectivity index (χ3n) is 0.678. The van der Waals surface area contributed by atoms with E-state index in [4.69, 9.17) is 0 Å². The molecule has 0 fully saturated rings. The van der Waals surface area contributed by atoms with Gasteiger partial charge in [0.15, 0.2) is 0 Å². The van der Waals surface area contributed by atoms with Crippen LogP contribution in [0.2, 0.25) is 0 Å². The van der Waals surface area contributed by atoms with Gasteiger partial charge in [-0.15, -0.1) is 0 Å². The molecule has 0 radical (unpaired) electrons. The molecule has 0 unspecified atom stereocenters. The van der Waals surface area contributed by atoms with Gasteiger partial charge in [0.1, 0.15) is 0 Å². The fourth-order valence-electron chi connectivity index (χ4n) is 0.367. The van der Waals surface area contributed by atoms with Crippen molar-refractivity contribution in [1.82, 2.24) is 0 Å². The summed E-state index contributed by atoms with van der Waals surface area (Å²) in [5, 5.41) is 0. The summed E-state index contributed by atoms with van der Waals surface area (Å²) in [4.78, 5) is 0. The average Bonchev–Trinajstić information content (AvgIpc) is 2.09. The van der Waals surface area contributed by atoms with E-state index in [1.807, 2.05) is 24.3 Å². The van der Waals surface area contributed by atoms with Gasteiger partial charge >= 0.3 is 73.1 Å². The molecule has 1 aromatic carbocycles. The monoisotopic (exact) mass is 455 g/mol. The minimum absolute atomic E-state index is 0. The molecule has 0 N–H and O–H groups in total. The van der Waals surface area contributed by atoms with Gasteiger partial charge in [0, 0.05) is 0 Å². The molecule has 0 spiro atoms. The van der Waals surface area contributed by atoms with Crippen LogP contribution in [0, 0.1) is 6.07 Å². The maximum atomic E-state index is 9.75. The molecule has 132 valence electrons. The largest absolute Gasteiger partial charge is 1.00 e. The molecule has 0 heterocycles. The summed E-state index contributed by atoms with van der Waals surface area (Å²) in [5.74, 6) is 0. The molecule has 0 saturated carbocycles. The molecular weight excluding hydrogens is 451 g/mol. The van der Waals surface area contributed by atoms with Gasteiger partial charge in [0.25, 0.3) is 0 Å². The Hall–Kier alpha value is 0.691. The molecule has 23 heavy (non-hydrogen) atoms. The van der Waals surface area contributed by atoms with Crippen molar-refractivity contribution < 1.29 is 103 Å². The molecule has 0 aliphatic heterocycles. The third-order valence-corrected chi connectivity index (χ3v) is 1.21. The molecule has 0 amide bonds. The molecule has 17 heteroatoms. The van der Waals surface area contributed by atoms with Crippen LogP contribution in [-0.4, -0.2) is 21.8 Å². The Kier molecular flexibility index (Phi) is 20.5. The van der Waals surface area contributed by atoms with E-state index in [1.54, 1.807) is 0 Å². The molecule has 0 aromatic heterocycles. The predicted octanol–water partition coefficient (Wildman–Crippen LogP) is 3.15. The second-order valence-electron chi connectivity index (χ2n) is 2.70. The Morgan fingerprint density at radius 1 is 0.609 bits per heavy atom. The second-order valence-corrected chi connectivity index (χ2v) is 3.62. The van der Waals surface area contributed by atoms with E-state index in [9.17, 15) is 51.8 Å². The van der Waals surface area contributed by atoms with E-state index in [0.717, 1.165) is 4.47 Å². The number of hydrogen-bond acceptors (Lipinski definition) is 0. The zero-order valence-electron chi connectivity index (χ0n) is 11.0. The molecule has 0 saturated heterocycles. The molecule has 1 rings (SSSR count). The normalized spacial score (nSPS) is 10.5. The zero-order valence-corrected chi connectivity index (χ0v) is 15.7. The van der Waals surface area contributed by atoms with E-state index in [2.05, 4.69) is 22.0 Å². The topological polar surface area (TPSA) is 0 Å². The van der Waals surface area contributed by atoms with Crippen molar-refractivity contribution in [2.24, 2.45) is 0 Å².